The van der Waals surface area contributed by atoms with Gasteiger partial charge in [0.25, 0.3) is 0 Å². The number of nitrogens with one attached hydrogen (secondary N) is 1. The third-order valence-corrected chi connectivity index (χ3v) is 4.37. The maximum atomic E-state index is 13.3. The van der Waals surface area contributed by atoms with Gasteiger partial charge >= 0.3 is 12.4 Å². The topological polar surface area (TPSA) is 109 Å². The summed E-state index contributed by atoms with van der Waals surface area (Å²) in [4.78, 5) is 3.09. The number of aromatic hydroxyl groups is 1. The van der Waals surface area contributed by atoms with Gasteiger partial charge in [-0.05, 0) is 35.9 Å². The van der Waals surface area contributed by atoms with E-state index in [1.165, 1.54) is 0 Å². The molecule has 0 radical (unpaired) electrons. The molecular formula is C19H13F6N3O4. The number of anilines is 2. The smallest absolute Gasteiger partial charge is 0.433 e. The van der Waals surface area contributed by atoms with E-state index in [0.717, 1.165) is 24.3 Å². The fourth-order valence-electron chi connectivity index (χ4n) is 2.89. The fourth-order valence-corrected chi connectivity index (χ4v) is 2.89. The number of aliphatic hydroxyl groups excluding tert-OH is 1. The minimum absolute atomic E-state index is 0.139. The zero-order chi connectivity index (χ0) is 23.8. The molecule has 0 saturated heterocycles. The predicted molar refractivity (Wildman–Crippen MR) is 97.0 cm³/mol. The summed E-state index contributed by atoms with van der Waals surface area (Å²) in [5, 5.41) is 40.2. The molecule has 2 aromatic carbocycles. The fraction of sp³-hybridized carbons (Fsp3) is 0.211. The minimum Gasteiger partial charge on any atom is -0.506 e. The second-order valence-corrected chi connectivity index (χ2v) is 6.53. The van der Waals surface area contributed by atoms with Crippen LogP contribution in [0.1, 0.15) is 22.9 Å². The number of pyridine rings is 1. The molecule has 0 aliphatic carbocycles. The molecule has 170 valence electrons. The van der Waals surface area contributed by atoms with Crippen LogP contribution in [0, 0.1) is 12.1 Å². The summed E-state index contributed by atoms with van der Waals surface area (Å²) in [6, 6.07) is 8.35. The molecule has 5 N–H and O–H groups in total. The number of halogens is 6. The molecule has 3 aromatic rings. The first-order chi connectivity index (χ1) is 14.8. The van der Waals surface area contributed by atoms with E-state index in [1.54, 1.807) is 6.07 Å². The summed E-state index contributed by atoms with van der Waals surface area (Å²) in [6.45, 7) is -0.565. The van der Waals surface area contributed by atoms with Crippen LogP contribution in [0.25, 0.3) is 10.9 Å². The molecule has 0 bridgehead atoms. The summed E-state index contributed by atoms with van der Waals surface area (Å²) >= 11 is 0. The number of hydrogen-bond acceptors (Lipinski definition) is 7. The van der Waals surface area contributed by atoms with Crippen molar-refractivity contribution in [3.63, 3.8) is 0 Å². The van der Waals surface area contributed by atoms with Gasteiger partial charge in [0.15, 0.2) is 0 Å². The highest BCUT2D eigenvalue weighted by molar-refractivity contribution is 5.85. The van der Waals surface area contributed by atoms with Crippen molar-refractivity contribution in [2.45, 2.75) is 18.5 Å². The molecule has 1 atom stereocenters. The summed E-state index contributed by atoms with van der Waals surface area (Å²) < 4.78 is 79.6. The molecule has 32 heavy (non-hydrogen) atoms. The molecular weight excluding hydrogens is 448 g/mol. The Labute approximate surface area is 175 Å². The monoisotopic (exact) mass is 461 g/mol. The first kappa shape index (κ1) is 23.2. The molecule has 0 aliphatic heterocycles. The average molecular weight is 461 g/mol. The molecule has 1 aromatic heterocycles. The Morgan fingerprint density at radius 2 is 1.75 bits per heavy atom. The van der Waals surface area contributed by atoms with Gasteiger partial charge in [0.1, 0.15) is 17.0 Å². The van der Waals surface area contributed by atoms with Gasteiger partial charge in [-0.25, -0.2) is 4.98 Å². The van der Waals surface area contributed by atoms with E-state index in [-0.39, 0.29) is 16.6 Å². The predicted octanol–water partition coefficient (Wildman–Crippen LogP) is 4.31. The lowest BCUT2D eigenvalue weighted by molar-refractivity contribution is -0.142. The Bertz CT molecular complexity index is 1130. The van der Waals surface area contributed by atoms with E-state index in [1.807, 2.05) is 0 Å². The Hall–Kier alpha value is -3.47. The quantitative estimate of drug-likeness (QED) is 0.219. The van der Waals surface area contributed by atoms with Crippen LogP contribution in [-0.4, -0.2) is 32.2 Å². The number of fused-ring (bicyclic) bond motifs is 1. The van der Waals surface area contributed by atoms with Crippen molar-refractivity contribution < 1.29 is 47.0 Å². The second kappa shape index (κ2) is 8.23. The van der Waals surface area contributed by atoms with Crippen LogP contribution >= 0.6 is 0 Å². The molecule has 0 aliphatic rings. The molecule has 13 heteroatoms. The Kier molecular flexibility index (Phi) is 5.96. The zero-order valence-electron chi connectivity index (χ0n) is 15.6. The Morgan fingerprint density at radius 1 is 1.06 bits per heavy atom. The third-order valence-electron chi connectivity index (χ3n) is 4.37. The summed E-state index contributed by atoms with van der Waals surface area (Å²) in [7, 11) is 0. The average Bonchev–Trinajstić information content (AvgIpc) is 2.70. The molecule has 0 fully saturated rings. The van der Waals surface area contributed by atoms with Crippen molar-refractivity contribution in [3.8, 4) is 5.75 Å². The second-order valence-electron chi connectivity index (χ2n) is 6.53. The van der Waals surface area contributed by atoms with Gasteiger partial charge < -0.3 is 15.5 Å². The molecule has 0 saturated carbocycles. The molecule has 1 unspecified atom stereocenters. The van der Waals surface area contributed by atoms with Crippen LogP contribution in [0.4, 0.5) is 37.7 Å². The molecule has 0 amide bonds. The number of nitrogens with zero attached hydrogens (tertiary/aromatic N) is 2. The maximum absolute atomic E-state index is 13.3. The van der Waals surface area contributed by atoms with Gasteiger partial charge in [-0.1, -0.05) is 12.1 Å². The SMILES string of the molecule is Oc1ccc(N(O)O)cc1NCC(O)c1cc(C(F)(F)F)nc2c(C(F)(F)F)c#ccc12. The van der Waals surface area contributed by atoms with Gasteiger partial charge in [-0.2, -0.15) is 26.3 Å². The number of alkyl halides is 6. The number of hydrogen-bond donors (Lipinski definition) is 5. The van der Waals surface area contributed by atoms with Crippen molar-refractivity contribution in [1.29, 1.82) is 0 Å². The lowest BCUT2D eigenvalue weighted by Crippen LogP contribution is -2.17. The minimum atomic E-state index is -5.10. The Morgan fingerprint density at radius 3 is 2.34 bits per heavy atom. The maximum Gasteiger partial charge on any atom is 0.433 e. The van der Waals surface area contributed by atoms with Gasteiger partial charge in [-0.3, -0.25) is 10.4 Å². The lowest BCUT2D eigenvalue weighted by atomic mass is 10.0. The van der Waals surface area contributed by atoms with Gasteiger partial charge in [0, 0.05) is 11.9 Å². The van der Waals surface area contributed by atoms with Crippen molar-refractivity contribution in [2.24, 2.45) is 0 Å². The van der Waals surface area contributed by atoms with Crippen LogP contribution < -0.4 is 10.5 Å². The van der Waals surface area contributed by atoms with Crippen LogP contribution in [0.3, 0.4) is 0 Å². The van der Waals surface area contributed by atoms with E-state index in [4.69, 9.17) is 10.4 Å². The highest BCUT2D eigenvalue weighted by Gasteiger charge is 2.38. The molecule has 3 rings (SSSR count). The number of benzene rings is 1. The number of phenolic OH excluding ortho intramolecular Hbond substituents is 1. The van der Waals surface area contributed by atoms with Crippen LogP contribution in [-0.2, 0) is 12.4 Å². The molecule has 0 spiro atoms. The highest BCUT2D eigenvalue weighted by atomic mass is 19.4. The van der Waals surface area contributed by atoms with E-state index in [0.29, 0.717) is 6.07 Å². The van der Waals surface area contributed by atoms with Gasteiger partial charge in [0.05, 0.1) is 23.0 Å². The first-order valence-electron chi connectivity index (χ1n) is 8.63. The van der Waals surface area contributed by atoms with Crippen molar-refractivity contribution in [2.75, 3.05) is 17.1 Å². The molecule has 1 heterocycles. The first-order valence-corrected chi connectivity index (χ1v) is 8.63. The summed E-state index contributed by atoms with van der Waals surface area (Å²) in [5.41, 5.74) is -5.13. The summed E-state index contributed by atoms with van der Waals surface area (Å²) in [5.74, 6) is -0.402. The van der Waals surface area contributed by atoms with Gasteiger partial charge in [0.2, 0.25) is 0 Å². The number of phenols is 1. The molecule has 7 nitrogen and oxygen atoms in total. The Balaban J connectivity index is 2.05. The van der Waals surface area contributed by atoms with E-state index >= 15 is 0 Å². The zero-order valence-corrected chi connectivity index (χ0v) is 15.6. The number of rotatable bonds is 5. The van der Waals surface area contributed by atoms with Crippen LogP contribution in [0.5, 0.6) is 5.75 Å². The van der Waals surface area contributed by atoms with Gasteiger partial charge in [-0.15, -0.1) is 5.23 Å². The normalized spacial score (nSPS) is 13.0. The van der Waals surface area contributed by atoms with Crippen molar-refractivity contribution in [1.82, 2.24) is 4.98 Å². The summed E-state index contributed by atoms with van der Waals surface area (Å²) in [6.07, 6.45) is -12.0. The lowest BCUT2D eigenvalue weighted by Gasteiger charge is -2.19. The van der Waals surface area contributed by atoms with E-state index in [2.05, 4.69) is 16.4 Å². The van der Waals surface area contributed by atoms with E-state index in [9.17, 15) is 36.6 Å². The largest absolute Gasteiger partial charge is 0.506 e. The van der Waals surface area contributed by atoms with Crippen LogP contribution in [0.2, 0.25) is 0 Å². The van der Waals surface area contributed by atoms with Crippen LogP contribution in [0.15, 0.2) is 30.3 Å². The van der Waals surface area contributed by atoms with Crippen molar-refractivity contribution in [3.05, 3.63) is 59.3 Å². The number of aromatic nitrogens is 1. The number of aliphatic hydroxyl groups is 1. The highest BCUT2D eigenvalue weighted by Crippen LogP contribution is 2.38. The standard InChI is InChI=1S/C19H13F6N3O4/c20-18(21,22)12-3-1-2-10-11(7-16(19(23,24)25)27-17(10)12)15(30)8-26-13-6-9(28(31)32)4-5-14(13)29/h2,4-7,15,26,29-32H,8H2. The van der Waals surface area contributed by atoms with Crippen molar-refractivity contribution >= 4 is 22.3 Å². The third kappa shape index (κ3) is 4.72. The van der Waals surface area contributed by atoms with E-state index < -0.39 is 58.5 Å².